The molecular formula is C21H27NO3S. The van der Waals surface area contributed by atoms with Crippen molar-refractivity contribution in [3.05, 3.63) is 53.1 Å². The maximum atomic E-state index is 12.4. The zero-order chi connectivity index (χ0) is 19.1. The number of hydrogen-bond donors (Lipinski definition) is 1. The molecule has 0 fully saturated rings. The quantitative estimate of drug-likeness (QED) is 0.678. The summed E-state index contributed by atoms with van der Waals surface area (Å²) < 4.78 is 11.2. The highest BCUT2D eigenvalue weighted by Gasteiger charge is 2.15. The molecule has 0 aliphatic heterocycles. The van der Waals surface area contributed by atoms with Crippen LogP contribution in [0.3, 0.4) is 0 Å². The van der Waals surface area contributed by atoms with Crippen LogP contribution in [0.4, 0.5) is 5.69 Å². The van der Waals surface area contributed by atoms with Gasteiger partial charge in [-0.2, -0.15) is 0 Å². The van der Waals surface area contributed by atoms with Crippen LogP contribution in [0.25, 0.3) is 0 Å². The number of ether oxygens (including phenoxy) is 2. The molecule has 0 aliphatic rings. The Kier molecular flexibility index (Phi) is 7.39. The monoisotopic (exact) mass is 373 g/mol. The summed E-state index contributed by atoms with van der Waals surface area (Å²) in [4.78, 5) is 12.4. The van der Waals surface area contributed by atoms with Gasteiger partial charge in [-0.25, -0.2) is 0 Å². The summed E-state index contributed by atoms with van der Waals surface area (Å²) in [6.45, 7) is 8.54. The lowest BCUT2D eigenvalue weighted by Gasteiger charge is -2.15. The van der Waals surface area contributed by atoms with Crippen LogP contribution in [0.15, 0.2) is 36.4 Å². The molecule has 1 N–H and O–H groups in total. The van der Waals surface area contributed by atoms with Crippen molar-refractivity contribution >= 4 is 23.4 Å². The van der Waals surface area contributed by atoms with Crippen molar-refractivity contribution in [1.82, 2.24) is 0 Å². The van der Waals surface area contributed by atoms with Gasteiger partial charge in [0.2, 0.25) is 5.91 Å². The predicted octanol–water partition coefficient (Wildman–Crippen LogP) is 4.76. The topological polar surface area (TPSA) is 47.6 Å². The molecule has 0 bridgehead atoms. The lowest BCUT2D eigenvalue weighted by molar-refractivity contribution is -0.115. The Morgan fingerprint density at radius 2 is 1.77 bits per heavy atom. The third-order valence-electron chi connectivity index (χ3n) is 4.03. The highest BCUT2D eigenvalue weighted by atomic mass is 32.2. The van der Waals surface area contributed by atoms with E-state index in [0.717, 1.165) is 22.6 Å². The van der Waals surface area contributed by atoms with Crippen molar-refractivity contribution < 1.29 is 14.3 Å². The summed E-state index contributed by atoms with van der Waals surface area (Å²) in [5.74, 6) is 2.28. The molecule has 2 aromatic rings. The highest BCUT2D eigenvalue weighted by Crippen LogP contribution is 2.26. The fourth-order valence-electron chi connectivity index (χ4n) is 2.47. The van der Waals surface area contributed by atoms with Crippen molar-refractivity contribution in [2.75, 3.05) is 24.8 Å². The second-order valence-electron chi connectivity index (χ2n) is 6.32. The van der Waals surface area contributed by atoms with E-state index in [-0.39, 0.29) is 11.2 Å². The smallest absolute Gasteiger partial charge is 0.237 e. The number of aryl methyl sites for hydroxylation is 3. The van der Waals surface area contributed by atoms with Crippen molar-refractivity contribution in [1.29, 1.82) is 0 Å². The van der Waals surface area contributed by atoms with Crippen LogP contribution >= 0.6 is 11.8 Å². The predicted molar refractivity (Wildman–Crippen MR) is 110 cm³/mol. The molecule has 5 heteroatoms. The molecule has 0 aliphatic carbocycles. The molecule has 0 aromatic heterocycles. The number of hydrogen-bond acceptors (Lipinski definition) is 4. The molecule has 26 heavy (non-hydrogen) atoms. The molecular weight excluding hydrogens is 346 g/mol. The average Bonchev–Trinajstić information content (AvgIpc) is 2.61. The fraction of sp³-hybridized carbons (Fsp3) is 0.381. The first-order valence-corrected chi connectivity index (χ1v) is 9.72. The van der Waals surface area contributed by atoms with E-state index in [4.69, 9.17) is 9.47 Å². The Hall–Kier alpha value is -2.14. The number of nitrogens with one attached hydrogen (secondary N) is 1. The average molecular weight is 374 g/mol. The number of carbonyl (C=O) groups excluding carboxylic acids is 1. The minimum absolute atomic E-state index is 0.0364. The van der Waals surface area contributed by atoms with E-state index in [2.05, 4.69) is 17.4 Å². The molecule has 1 unspecified atom stereocenters. The van der Waals surface area contributed by atoms with Gasteiger partial charge in [0.05, 0.1) is 24.7 Å². The van der Waals surface area contributed by atoms with Crippen LogP contribution < -0.4 is 14.8 Å². The molecule has 2 rings (SSSR count). The Morgan fingerprint density at radius 3 is 2.50 bits per heavy atom. The second-order valence-corrected chi connectivity index (χ2v) is 7.77. The molecule has 0 radical (unpaired) electrons. The second kappa shape index (κ2) is 9.53. The maximum Gasteiger partial charge on any atom is 0.237 e. The van der Waals surface area contributed by atoms with Gasteiger partial charge in [0.1, 0.15) is 11.5 Å². The van der Waals surface area contributed by atoms with Crippen LogP contribution in [-0.4, -0.2) is 30.6 Å². The largest absolute Gasteiger partial charge is 0.495 e. The minimum atomic E-state index is -0.178. The third kappa shape index (κ3) is 5.70. The van der Waals surface area contributed by atoms with Crippen LogP contribution in [0, 0.1) is 20.8 Å². The van der Waals surface area contributed by atoms with Gasteiger partial charge in [-0.3, -0.25) is 4.79 Å². The van der Waals surface area contributed by atoms with Crippen LogP contribution in [0.1, 0.15) is 23.6 Å². The van der Waals surface area contributed by atoms with Crippen LogP contribution in [0.5, 0.6) is 11.5 Å². The molecule has 0 saturated carbocycles. The summed E-state index contributed by atoms with van der Waals surface area (Å²) in [7, 11) is 1.60. The number of anilines is 1. The SMILES string of the molecule is COc1ccc(C)cc1NC(=O)C(C)SCCOc1cc(C)ccc1C. The number of rotatable bonds is 8. The highest BCUT2D eigenvalue weighted by molar-refractivity contribution is 8.00. The van der Waals surface area contributed by atoms with Gasteiger partial charge in [-0.15, -0.1) is 11.8 Å². The zero-order valence-corrected chi connectivity index (χ0v) is 16.9. The fourth-order valence-corrected chi connectivity index (χ4v) is 3.21. The number of thioether (sulfide) groups is 1. The van der Waals surface area contributed by atoms with Crippen molar-refractivity contribution in [2.45, 2.75) is 32.9 Å². The van der Waals surface area contributed by atoms with Crippen LogP contribution in [0.2, 0.25) is 0 Å². The first-order chi connectivity index (χ1) is 12.4. The molecule has 4 nitrogen and oxygen atoms in total. The van der Waals surface area contributed by atoms with Crippen molar-refractivity contribution in [3.63, 3.8) is 0 Å². The molecule has 0 heterocycles. The lowest BCUT2D eigenvalue weighted by Crippen LogP contribution is -2.23. The van der Waals surface area contributed by atoms with Gasteiger partial charge in [-0.05, 0) is 62.6 Å². The Balaban J connectivity index is 1.82. The molecule has 2 aromatic carbocycles. The Bertz CT molecular complexity index is 761. The van der Waals surface area contributed by atoms with Gasteiger partial charge in [0.25, 0.3) is 0 Å². The molecule has 0 spiro atoms. The van der Waals surface area contributed by atoms with E-state index < -0.39 is 0 Å². The van der Waals surface area contributed by atoms with Gasteiger partial charge in [-0.1, -0.05) is 18.2 Å². The summed E-state index contributed by atoms with van der Waals surface area (Å²) in [6, 6.07) is 11.9. The first-order valence-electron chi connectivity index (χ1n) is 8.68. The standard InChI is InChI=1S/C21H27NO3S/c1-14-7-9-19(24-5)18(12-14)22-21(23)17(4)26-11-10-25-20-13-15(2)6-8-16(20)3/h6-9,12-13,17H,10-11H2,1-5H3,(H,22,23). The summed E-state index contributed by atoms with van der Waals surface area (Å²) >= 11 is 1.57. The van der Waals surface area contributed by atoms with E-state index in [1.165, 1.54) is 5.56 Å². The molecule has 1 amide bonds. The molecule has 140 valence electrons. The Morgan fingerprint density at radius 1 is 1.08 bits per heavy atom. The van der Waals surface area contributed by atoms with E-state index in [1.54, 1.807) is 18.9 Å². The van der Waals surface area contributed by atoms with Crippen LogP contribution in [-0.2, 0) is 4.79 Å². The van der Waals surface area contributed by atoms with E-state index in [0.29, 0.717) is 18.0 Å². The first kappa shape index (κ1) is 20.2. The Labute approximate surface area is 160 Å². The minimum Gasteiger partial charge on any atom is -0.495 e. The maximum absolute atomic E-state index is 12.4. The number of amides is 1. The van der Waals surface area contributed by atoms with E-state index >= 15 is 0 Å². The number of carbonyl (C=O) groups is 1. The van der Waals surface area contributed by atoms with Gasteiger partial charge >= 0.3 is 0 Å². The van der Waals surface area contributed by atoms with Gasteiger partial charge < -0.3 is 14.8 Å². The number of methoxy groups -OCH3 is 1. The van der Waals surface area contributed by atoms with Gasteiger partial charge in [0.15, 0.2) is 0 Å². The van der Waals surface area contributed by atoms with Crippen molar-refractivity contribution in [2.24, 2.45) is 0 Å². The lowest BCUT2D eigenvalue weighted by atomic mass is 10.1. The van der Waals surface area contributed by atoms with E-state index in [1.807, 2.05) is 52.0 Å². The van der Waals surface area contributed by atoms with Crippen molar-refractivity contribution in [3.8, 4) is 11.5 Å². The normalized spacial score (nSPS) is 11.7. The summed E-state index contributed by atoms with van der Waals surface area (Å²) in [5, 5.41) is 2.77. The molecule has 0 saturated heterocycles. The molecule has 1 atom stereocenters. The number of benzene rings is 2. The van der Waals surface area contributed by atoms with Gasteiger partial charge in [0, 0.05) is 5.75 Å². The van der Waals surface area contributed by atoms with E-state index in [9.17, 15) is 4.79 Å². The zero-order valence-electron chi connectivity index (χ0n) is 16.1. The summed E-state index contributed by atoms with van der Waals surface area (Å²) in [5.41, 5.74) is 4.08. The summed E-state index contributed by atoms with van der Waals surface area (Å²) in [6.07, 6.45) is 0. The third-order valence-corrected chi connectivity index (χ3v) is 5.15.